The molecule has 1 aliphatic rings. The number of carbonyl (C=O) groups is 1. The van der Waals surface area contributed by atoms with E-state index >= 15 is 0 Å². The topological polar surface area (TPSA) is 83.0 Å². The van der Waals surface area contributed by atoms with Gasteiger partial charge in [0.05, 0.1) is 27.9 Å². The maximum absolute atomic E-state index is 13.1. The van der Waals surface area contributed by atoms with Crippen LogP contribution in [0.4, 0.5) is 0 Å². The summed E-state index contributed by atoms with van der Waals surface area (Å²) < 4.78 is 22.0. The second-order valence-corrected chi connectivity index (χ2v) is 6.77. The van der Waals surface area contributed by atoms with Crippen LogP contribution in [0, 0.1) is 0 Å². The fraction of sp³-hybridized carbons (Fsp3) is 0.476. The molecule has 2 heterocycles. The van der Waals surface area contributed by atoms with E-state index in [0.29, 0.717) is 41.9 Å². The number of carbonyl (C=O) groups excluding carboxylic acids is 1. The van der Waals surface area contributed by atoms with Crippen molar-refractivity contribution in [3.8, 4) is 23.3 Å². The molecule has 2 aromatic rings. The third kappa shape index (κ3) is 4.70. The summed E-state index contributed by atoms with van der Waals surface area (Å²) >= 11 is 0. The molecule has 0 saturated carbocycles. The maximum Gasteiger partial charge on any atom is 0.316 e. The number of ether oxygens (including phenoxy) is 4. The maximum atomic E-state index is 13.1. The van der Waals surface area contributed by atoms with Crippen molar-refractivity contribution in [2.75, 3.05) is 34.4 Å². The number of rotatable bonds is 7. The van der Waals surface area contributed by atoms with Gasteiger partial charge < -0.3 is 23.8 Å². The number of hydrogen-bond donors (Lipinski definition) is 0. The number of benzene rings is 1. The number of hydrogen-bond acceptors (Lipinski definition) is 7. The zero-order valence-electron chi connectivity index (χ0n) is 17.3. The highest BCUT2D eigenvalue weighted by molar-refractivity contribution is 5.95. The molecule has 0 N–H and O–H groups in total. The summed E-state index contributed by atoms with van der Waals surface area (Å²) in [6, 6.07) is 3.68. The van der Waals surface area contributed by atoms with Crippen LogP contribution in [0.2, 0.25) is 0 Å². The Morgan fingerprint density at radius 1 is 1.10 bits per heavy atom. The van der Waals surface area contributed by atoms with E-state index in [1.165, 1.54) is 21.3 Å². The fourth-order valence-electron chi connectivity index (χ4n) is 3.34. The van der Waals surface area contributed by atoms with Crippen molar-refractivity contribution in [1.82, 2.24) is 14.9 Å². The van der Waals surface area contributed by atoms with Gasteiger partial charge in [-0.05, 0) is 37.0 Å². The summed E-state index contributed by atoms with van der Waals surface area (Å²) in [6.45, 7) is 3.17. The van der Waals surface area contributed by atoms with E-state index in [-0.39, 0.29) is 12.0 Å². The van der Waals surface area contributed by atoms with Crippen LogP contribution in [-0.2, 0) is 6.42 Å². The van der Waals surface area contributed by atoms with Gasteiger partial charge in [0.15, 0.2) is 11.5 Å². The van der Waals surface area contributed by atoms with E-state index in [2.05, 4.69) is 9.97 Å². The zero-order chi connectivity index (χ0) is 20.8. The molecule has 29 heavy (non-hydrogen) atoms. The number of amides is 1. The predicted octanol–water partition coefficient (Wildman–Crippen LogP) is 2.75. The highest BCUT2D eigenvalue weighted by Gasteiger charge is 2.28. The lowest BCUT2D eigenvalue weighted by Gasteiger charge is -2.32. The fourth-order valence-corrected chi connectivity index (χ4v) is 3.34. The lowest BCUT2D eigenvalue weighted by atomic mass is 10.1. The highest BCUT2D eigenvalue weighted by atomic mass is 16.5. The number of methoxy groups -OCH3 is 3. The van der Waals surface area contributed by atoms with E-state index in [1.807, 2.05) is 6.92 Å². The predicted molar refractivity (Wildman–Crippen MR) is 107 cm³/mol. The molecule has 156 valence electrons. The van der Waals surface area contributed by atoms with Crippen molar-refractivity contribution in [2.45, 2.75) is 32.3 Å². The van der Waals surface area contributed by atoms with Gasteiger partial charge in [0, 0.05) is 24.5 Å². The van der Waals surface area contributed by atoms with Crippen molar-refractivity contribution < 1.29 is 23.7 Å². The summed E-state index contributed by atoms with van der Waals surface area (Å²) in [5.41, 5.74) is 1.53. The van der Waals surface area contributed by atoms with Crippen molar-refractivity contribution in [3.05, 3.63) is 35.7 Å². The van der Waals surface area contributed by atoms with Crippen LogP contribution in [0.5, 0.6) is 23.3 Å². The lowest BCUT2D eigenvalue weighted by Crippen LogP contribution is -2.44. The van der Waals surface area contributed by atoms with Crippen LogP contribution in [0.25, 0.3) is 0 Å². The average Bonchev–Trinajstić information content (AvgIpc) is 2.78. The summed E-state index contributed by atoms with van der Waals surface area (Å²) in [5, 5.41) is 0. The summed E-state index contributed by atoms with van der Waals surface area (Å²) in [6.07, 6.45) is 5.95. The van der Waals surface area contributed by atoms with Crippen molar-refractivity contribution in [2.24, 2.45) is 0 Å². The molecule has 0 radical (unpaired) electrons. The molecule has 3 rings (SSSR count). The van der Waals surface area contributed by atoms with Gasteiger partial charge in [-0.1, -0.05) is 6.92 Å². The van der Waals surface area contributed by atoms with Crippen LogP contribution < -0.4 is 18.9 Å². The summed E-state index contributed by atoms with van der Waals surface area (Å²) in [5.74, 6) is 1.24. The van der Waals surface area contributed by atoms with Gasteiger partial charge in [-0.2, -0.15) is 0 Å². The molecule has 1 amide bonds. The molecular formula is C21H27N3O5. The molecule has 1 aromatic carbocycles. The first-order valence-electron chi connectivity index (χ1n) is 9.66. The number of likely N-dealkylation sites (tertiary alicyclic amines) is 1. The number of piperidine rings is 1. The molecule has 0 bridgehead atoms. The van der Waals surface area contributed by atoms with Crippen LogP contribution in [-0.4, -0.2) is 61.3 Å². The van der Waals surface area contributed by atoms with Crippen molar-refractivity contribution in [1.29, 1.82) is 0 Å². The molecule has 1 fully saturated rings. The van der Waals surface area contributed by atoms with E-state index < -0.39 is 0 Å². The van der Waals surface area contributed by atoms with E-state index in [1.54, 1.807) is 29.4 Å². The van der Waals surface area contributed by atoms with E-state index in [9.17, 15) is 4.79 Å². The Kier molecular flexibility index (Phi) is 6.74. The first-order valence-corrected chi connectivity index (χ1v) is 9.66. The summed E-state index contributed by atoms with van der Waals surface area (Å²) in [4.78, 5) is 23.4. The first kappa shape index (κ1) is 20.7. The molecule has 1 atom stereocenters. The Morgan fingerprint density at radius 3 is 2.31 bits per heavy atom. The molecule has 8 heteroatoms. The van der Waals surface area contributed by atoms with Gasteiger partial charge in [0.25, 0.3) is 5.91 Å². The highest BCUT2D eigenvalue weighted by Crippen LogP contribution is 2.38. The third-order valence-corrected chi connectivity index (χ3v) is 4.94. The molecule has 0 aliphatic carbocycles. The van der Waals surface area contributed by atoms with Crippen LogP contribution in [0.3, 0.4) is 0 Å². The molecule has 1 saturated heterocycles. The second kappa shape index (κ2) is 9.45. The molecule has 1 aliphatic heterocycles. The Morgan fingerprint density at radius 2 is 1.76 bits per heavy atom. The second-order valence-electron chi connectivity index (χ2n) is 6.77. The quantitative estimate of drug-likeness (QED) is 0.705. The number of aromatic nitrogens is 2. The summed E-state index contributed by atoms with van der Waals surface area (Å²) in [7, 11) is 4.59. The van der Waals surface area contributed by atoms with Crippen molar-refractivity contribution in [3.63, 3.8) is 0 Å². The lowest BCUT2D eigenvalue weighted by molar-refractivity contribution is 0.0515. The first-order chi connectivity index (χ1) is 14.1. The van der Waals surface area contributed by atoms with Crippen LogP contribution >= 0.6 is 0 Å². The van der Waals surface area contributed by atoms with Gasteiger partial charge in [-0.15, -0.1) is 0 Å². The Hall–Kier alpha value is -3.03. The van der Waals surface area contributed by atoms with Crippen LogP contribution in [0.15, 0.2) is 24.5 Å². The number of aryl methyl sites for hydroxylation is 1. The minimum absolute atomic E-state index is 0.111. The van der Waals surface area contributed by atoms with Crippen LogP contribution in [0.1, 0.15) is 35.7 Å². The Bertz CT molecular complexity index is 816. The van der Waals surface area contributed by atoms with Gasteiger partial charge in [-0.3, -0.25) is 4.79 Å². The molecule has 8 nitrogen and oxygen atoms in total. The zero-order valence-corrected chi connectivity index (χ0v) is 17.3. The number of nitrogens with zero attached hydrogens (tertiary/aromatic N) is 3. The van der Waals surface area contributed by atoms with E-state index in [0.717, 1.165) is 24.8 Å². The normalized spacial score (nSPS) is 16.3. The SMILES string of the molecule is CCc1cnc(OC2CCCN(C(=O)c3cc(OC)c(OC)c(OC)c3)C2)nc1. The minimum Gasteiger partial charge on any atom is -0.493 e. The third-order valence-electron chi connectivity index (χ3n) is 4.94. The Balaban J connectivity index is 1.73. The molecule has 1 unspecified atom stereocenters. The molecule has 0 spiro atoms. The smallest absolute Gasteiger partial charge is 0.316 e. The average molecular weight is 401 g/mol. The monoisotopic (exact) mass is 401 g/mol. The van der Waals surface area contributed by atoms with Gasteiger partial charge in [0.1, 0.15) is 6.10 Å². The van der Waals surface area contributed by atoms with E-state index in [4.69, 9.17) is 18.9 Å². The minimum atomic E-state index is -0.151. The standard InChI is InChI=1S/C21H27N3O5/c1-5-14-11-22-21(23-12-14)29-16-7-6-8-24(13-16)20(25)15-9-17(26-2)19(28-4)18(10-15)27-3/h9-12,16H,5-8,13H2,1-4H3. The molecular weight excluding hydrogens is 374 g/mol. The van der Waals surface area contributed by atoms with Gasteiger partial charge in [0.2, 0.25) is 5.75 Å². The van der Waals surface area contributed by atoms with Gasteiger partial charge >= 0.3 is 6.01 Å². The Labute approximate surface area is 170 Å². The largest absolute Gasteiger partial charge is 0.493 e. The molecule has 1 aromatic heterocycles. The van der Waals surface area contributed by atoms with Crippen molar-refractivity contribution >= 4 is 5.91 Å². The van der Waals surface area contributed by atoms with Gasteiger partial charge in [-0.25, -0.2) is 9.97 Å².